The summed E-state index contributed by atoms with van der Waals surface area (Å²) in [5.41, 5.74) is 2.41. The van der Waals surface area contributed by atoms with Crippen LogP contribution in [0.25, 0.3) is 5.57 Å². The van der Waals surface area contributed by atoms with E-state index < -0.39 is 0 Å². The first-order valence-corrected chi connectivity index (χ1v) is 8.26. The minimum Gasteiger partial charge on any atom is -0.463 e. The second-order valence-corrected chi connectivity index (χ2v) is 5.94. The molecule has 0 atom stereocenters. The second-order valence-electron chi connectivity index (χ2n) is 5.02. The van der Waals surface area contributed by atoms with E-state index in [1.807, 2.05) is 36.4 Å². The van der Waals surface area contributed by atoms with Gasteiger partial charge < -0.3 is 4.74 Å². The number of carbonyl (C=O) groups is 1. The van der Waals surface area contributed by atoms with E-state index in [0.29, 0.717) is 29.5 Å². The summed E-state index contributed by atoms with van der Waals surface area (Å²) in [5, 5.41) is 0. The van der Waals surface area contributed by atoms with E-state index >= 15 is 0 Å². The summed E-state index contributed by atoms with van der Waals surface area (Å²) in [6.07, 6.45) is 2.57. The van der Waals surface area contributed by atoms with Gasteiger partial charge in [0.15, 0.2) is 0 Å². The van der Waals surface area contributed by atoms with Gasteiger partial charge in [0.25, 0.3) is 0 Å². The first-order valence-electron chi connectivity index (χ1n) is 7.47. The van der Waals surface area contributed by atoms with Crippen molar-refractivity contribution in [2.24, 2.45) is 0 Å². The van der Waals surface area contributed by atoms with Crippen LogP contribution in [0.4, 0.5) is 4.39 Å². The lowest BCUT2D eigenvalue weighted by Crippen LogP contribution is -2.02. The van der Waals surface area contributed by atoms with Gasteiger partial charge in [-0.05, 0) is 48.6 Å². The molecular formula is C19H18BrFO2. The Hall–Kier alpha value is -1.94. The van der Waals surface area contributed by atoms with Crippen LogP contribution in [0.15, 0.2) is 59.1 Å². The Balaban J connectivity index is 2.19. The van der Waals surface area contributed by atoms with Gasteiger partial charge in [0.05, 0.1) is 6.61 Å². The number of benzene rings is 2. The van der Waals surface area contributed by atoms with Crippen LogP contribution in [0.5, 0.6) is 0 Å². The molecule has 0 aliphatic rings. The molecule has 2 aromatic carbocycles. The Labute approximate surface area is 144 Å². The van der Waals surface area contributed by atoms with Gasteiger partial charge in [0.1, 0.15) is 5.82 Å². The van der Waals surface area contributed by atoms with Crippen LogP contribution < -0.4 is 0 Å². The third kappa shape index (κ3) is 5.32. The fraction of sp³-hybridized carbons (Fsp3) is 0.211. The summed E-state index contributed by atoms with van der Waals surface area (Å²) in [5.74, 6) is -0.620. The second kappa shape index (κ2) is 8.63. The number of halogens is 2. The van der Waals surface area contributed by atoms with Crippen LogP contribution in [-0.4, -0.2) is 12.6 Å². The molecule has 0 spiro atoms. The maximum Gasteiger partial charge on any atom is 0.331 e. The Morgan fingerprint density at radius 2 is 1.96 bits per heavy atom. The lowest BCUT2D eigenvalue weighted by Gasteiger charge is -2.09. The van der Waals surface area contributed by atoms with E-state index in [1.54, 1.807) is 13.0 Å². The van der Waals surface area contributed by atoms with Crippen molar-refractivity contribution in [1.82, 2.24) is 0 Å². The Bertz CT molecular complexity index is 696. The zero-order chi connectivity index (χ0) is 16.7. The fourth-order valence-electron chi connectivity index (χ4n) is 2.27. The minimum absolute atomic E-state index is 0.247. The molecule has 4 heteroatoms. The number of allylic oxidation sites excluding steroid dienone is 1. The molecule has 0 unspecified atom stereocenters. The maximum absolute atomic E-state index is 13.9. The largest absolute Gasteiger partial charge is 0.463 e. The zero-order valence-electron chi connectivity index (χ0n) is 12.9. The number of aryl methyl sites for hydroxylation is 1. The molecule has 0 heterocycles. The summed E-state index contributed by atoms with van der Waals surface area (Å²) in [6, 6.07) is 14.6. The van der Waals surface area contributed by atoms with Crippen molar-refractivity contribution < 1.29 is 13.9 Å². The van der Waals surface area contributed by atoms with Crippen molar-refractivity contribution >= 4 is 27.5 Å². The van der Waals surface area contributed by atoms with E-state index in [4.69, 9.17) is 4.74 Å². The summed E-state index contributed by atoms with van der Waals surface area (Å²) in [7, 11) is 0. The van der Waals surface area contributed by atoms with E-state index in [9.17, 15) is 9.18 Å². The standard InChI is InChI=1S/C19H18BrFO2/c1-2-23-19(22)12-16(14-6-4-3-5-7-14)9-8-15-10-11-17(20)13-18(15)21/h3-7,10-13H,2,8-9H2,1H3/b16-12+. The summed E-state index contributed by atoms with van der Waals surface area (Å²) in [6.45, 7) is 2.10. The highest BCUT2D eigenvalue weighted by Gasteiger charge is 2.09. The molecule has 120 valence electrons. The smallest absolute Gasteiger partial charge is 0.331 e. The van der Waals surface area contributed by atoms with Crippen molar-refractivity contribution in [3.8, 4) is 0 Å². The molecule has 0 aromatic heterocycles. The Morgan fingerprint density at radius 3 is 2.61 bits per heavy atom. The number of rotatable bonds is 6. The van der Waals surface area contributed by atoms with Crippen LogP contribution in [0.1, 0.15) is 24.5 Å². The van der Waals surface area contributed by atoms with Gasteiger partial charge in [-0.2, -0.15) is 0 Å². The summed E-state index contributed by atoms with van der Waals surface area (Å²) in [4.78, 5) is 11.8. The molecule has 2 aromatic rings. The summed E-state index contributed by atoms with van der Waals surface area (Å²) >= 11 is 3.25. The molecule has 0 N–H and O–H groups in total. The highest BCUT2D eigenvalue weighted by Crippen LogP contribution is 2.23. The van der Waals surface area contributed by atoms with E-state index in [2.05, 4.69) is 15.9 Å². The first-order chi connectivity index (χ1) is 11.1. The molecule has 0 aliphatic heterocycles. The number of carbonyl (C=O) groups excluding carboxylic acids is 1. The minimum atomic E-state index is -0.373. The number of hydrogen-bond donors (Lipinski definition) is 0. The van der Waals surface area contributed by atoms with Crippen LogP contribution in [0, 0.1) is 5.82 Å². The van der Waals surface area contributed by atoms with Crippen molar-refractivity contribution in [2.45, 2.75) is 19.8 Å². The molecule has 2 rings (SSSR count). The van der Waals surface area contributed by atoms with Crippen LogP contribution in [0.3, 0.4) is 0 Å². The number of hydrogen-bond acceptors (Lipinski definition) is 2. The number of esters is 1. The van der Waals surface area contributed by atoms with Gasteiger partial charge in [0, 0.05) is 10.5 Å². The average molecular weight is 377 g/mol. The molecule has 0 bridgehead atoms. The molecule has 0 saturated heterocycles. The van der Waals surface area contributed by atoms with Gasteiger partial charge in [-0.1, -0.05) is 52.3 Å². The zero-order valence-corrected chi connectivity index (χ0v) is 14.5. The fourth-order valence-corrected chi connectivity index (χ4v) is 2.61. The van der Waals surface area contributed by atoms with Gasteiger partial charge in [-0.15, -0.1) is 0 Å². The van der Waals surface area contributed by atoms with Crippen molar-refractivity contribution in [1.29, 1.82) is 0 Å². The molecule has 2 nitrogen and oxygen atoms in total. The van der Waals surface area contributed by atoms with E-state index in [1.165, 1.54) is 12.1 Å². The van der Waals surface area contributed by atoms with Gasteiger partial charge in [-0.3, -0.25) is 0 Å². The van der Waals surface area contributed by atoms with Crippen LogP contribution in [0.2, 0.25) is 0 Å². The van der Waals surface area contributed by atoms with Crippen molar-refractivity contribution in [3.63, 3.8) is 0 Å². The monoisotopic (exact) mass is 376 g/mol. The van der Waals surface area contributed by atoms with Crippen molar-refractivity contribution in [3.05, 3.63) is 76.0 Å². The van der Waals surface area contributed by atoms with Gasteiger partial charge >= 0.3 is 5.97 Å². The third-order valence-corrected chi connectivity index (χ3v) is 3.90. The SMILES string of the molecule is CCOC(=O)/C=C(\CCc1ccc(Br)cc1F)c1ccccc1. The topological polar surface area (TPSA) is 26.3 Å². The van der Waals surface area contributed by atoms with Gasteiger partial charge in [0.2, 0.25) is 0 Å². The predicted molar refractivity (Wildman–Crippen MR) is 93.5 cm³/mol. The third-order valence-electron chi connectivity index (χ3n) is 3.40. The van der Waals surface area contributed by atoms with Crippen LogP contribution >= 0.6 is 15.9 Å². The normalized spacial score (nSPS) is 11.3. The molecule has 0 radical (unpaired) electrons. The van der Waals surface area contributed by atoms with Crippen LogP contribution in [-0.2, 0) is 16.0 Å². The quantitative estimate of drug-likeness (QED) is 0.513. The molecule has 0 aliphatic carbocycles. The lowest BCUT2D eigenvalue weighted by molar-refractivity contribution is -0.137. The van der Waals surface area contributed by atoms with E-state index in [0.717, 1.165) is 11.1 Å². The molecular weight excluding hydrogens is 359 g/mol. The molecule has 0 fully saturated rings. The maximum atomic E-state index is 13.9. The lowest BCUT2D eigenvalue weighted by atomic mass is 9.98. The Kier molecular flexibility index (Phi) is 6.53. The molecule has 0 saturated carbocycles. The first kappa shape index (κ1) is 17.4. The van der Waals surface area contributed by atoms with Crippen molar-refractivity contribution in [2.75, 3.05) is 6.61 Å². The number of ether oxygens (including phenoxy) is 1. The van der Waals surface area contributed by atoms with Gasteiger partial charge in [-0.25, -0.2) is 9.18 Å². The molecule has 23 heavy (non-hydrogen) atoms. The molecule has 0 amide bonds. The highest BCUT2D eigenvalue weighted by molar-refractivity contribution is 9.10. The Morgan fingerprint density at radius 1 is 1.22 bits per heavy atom. The average Bonchev–Trinajstić information content (AvgIpc) is 2.54. The highest BCUT2D eigenvalue weighted by atomic mass is 79.9. The predicted octanol–water partition coefficient (Wildman–Crippen LogP) is 5.17. The summed E-state index contributed by atoms with van der Waals surface area (Å²) < 4.78 is 19.6. The van der Waals surface area contributed by atoms with E-state index in [-0.39, 0.29) is 11.8 Å².